The van der Waals surface area contributed by atoms with Crippen LogP contribution in [0.25, 0.3) is 0 Å². The standard InChI is InChI=1S/C9H11Cl2N3/c10-7-3-12-9(13-4-7)14-5-8(11)6-1-2-6/h3-4,6,8H,1-2,5H2,(H,12,13,14). The molecule has 5 heteroatoms. The van der Waals surface area contributed by atoms with E-state index in [1.807, 2.05) is 0 Å². The van der Waals surface area contributed by atoms with Gasteiger partial charge in [0.2, 0.25) is 5.95 Å². The zero-order valence-electron chi connectivity index (χ0n) is 7.58. The minimum Gasteiger partial charge on any atom is -0.353 e. The Bertz CT molecular complexity index is 297. The molecule has 0 radical (unpaired) electrons. The van der Waals surface area contributed by atoms with E-state index in [2.05, 4.69) is 15.3 Å². The molecule has 1 fully saturated rings. The Labute approximate surface area is 92.8 Å². The molecule has 0 saturated heterocycles. The molecule has 0 aromatic carbocycles. The molecule has 1 heterocycles. The minimum atomic E-state index is 0.189. The van der Waals surface area contributed by atoms with Gasteiger partial charge in [-0.25, -0.2) is 9.97 Å². The summed E-state index contributed by atoms with van der Waals surface area (Å²) in [6.07, 6.45) is 5.63. The first kappa shape index (κ1) is 9.99. The molecule has 1 aliphatic rings. The van der Waals surface area contributed by atoms with E-state index in [4.69, 9.17) is 23.2 Å². The maximum Gasteiger partial charge on any atom is 0.222 e. The maximum atomic E-state index is 6.12. The van der Waals surface area contributed by atoms with Crippen LogP contribution < -0.4 is 5.32 Å². The third-order valence-electron chi connectivity index (χ3n) is 2.21. The Kier molecular flexibility index (Phi) is 3.08. The molecule has 0 aliphatic heterocycles. The van der Waals surface area contributed by atoms with Gasteiger partial charge in [-0.1, -0.05) is 11.6 Å². The predicted octanol–water partition coefficient (Wildman–Crippen LogP) is 2.56. The second-order valence-corrected chi connectivity index (χ2v) is 4.46. The Balaban J connectivity index is 1.82. The fourth-order valence-electron chi connectivity index (χ4n) is 1.22. The van der Waals surface area contributed by atoms with E-state index >= 15 is 0 Å². The van der Waals surface area contributed by atoms with Crippen molar-refractivity contribution in [3.63, 3.8) is 0 Å². The van der Waals surface area contributed by atoms with Gasteiger partial charge in [0.05, 0.1) is 22.8 Å². The van der Waals surface area contributed by atoms with Gasteiger partial charge in [-0.15, -0.1) is 11.6 Å². The molecule has 1 atom stereocenters. The molecule has 1 saturated carbocycles. The molecular weight excluding hydrogens is 221 g/mol. The van der Waals surface area contributed by atoms with Gasteiger partial charge >= 0.3 is 0 Å². The first-order valence-electron chi connectivity index (χ1n) is 4.61. The molecule has 1 aliphatic carbocycles. The normalized spacial score (nSPS) is 17.9. The fraction of sp³-hybridized carbons (Fsp3) is 0.556. The Morgan fingerprint density at radius 3 is 2.64 bits per heavy atom. The number of alkyl halides is 1. The summed E-state index contributed by atoms with van der Waals surface area (Å²) in [7, 11) is 0. The lowest BCUT2D eigenvalue weighted by atomic mass is 10.3. The molecule has 1 aromatic heterocycles. The highest BCUT2D eigenvalue weighted by molar-refractivity contribution is 6.30. The summed E-state index contributed by atoms with van der Waals surface area (Å²) in [6, 6.07) is 0. The third-order valence-corrected chi connectivity index (χ3v) is 2.91. The molecule has 0 bridgehead atoms. The van der Waals surface area contributed by atoms with Crippen LogP contribution in [0.3, 0.4) is 0 Å². The summed E-state index contributed by atoms with van der Waals surface area (Å²) < 4.78 is 0. The summed E-state index contributed by atoms with van der Waals surface area (Å²) in [4.78, 5) is 8.03. The number of hydrogen-bond acceptors (Lipinski definition) is 3. The van der Waals surface area contributed by atoms with Gasteiger partial charge in [0.15, 0.2) is 0 Å². The molecule has 2 rings (SSSR count). The monoisotopic (exact) mass is 231 g/mol. The number of anilines is 1. The van der Waals surface area contributed by atoms with Crippen molar-refractivity contribution in [3.05, 3.63) is 17.4 Å². The second kappa shape index (κ2) is 4.32. The molecule has 14 heavy (non-hydrogen) atoms. The topological polar surface area (TPSA) is 37.8 Å². The minimum absolute atomic E-state index is 0.189. The van der Waals surface area contributed by atoms with Crippen molar-refractivity contribution in [2.24, 2.45) is 5.92 Å². The molecule has 1 aromatic rings. The number of hydrogen-bond donors (Lipinski definition) is 1. The second-order valence-electron chi connectivity index (χ2n) is 3.46. The van der Waals surface area contributed by atoms with Crippen molar-refractivity contribution in [3.8, 4) is 0 Å². The fourth-order valence-corrected chi connectivity index (χ4v) is 1.64. The van der Waals surface area contributed by atoms with E-state index < -0.39 is 0 Å². The van der Waals surface area contributed by atoms with Crippen molar-refractivity contribution < 1.29 is 0 Å². The summed E-state index contributed by atoms with van der Waals surface area (Å²) in [5.41, 5.74) is 0. The molecule has 1 N–H and O–H groups in total. The van der Waals surface area contributed by atoms with Crippen LogP contribution in [0, 0.1) is 5.92 Å². The van der Waals surface area contributed by atoms with Gasteiger partial charge in [0.25, 0.3) is 0 Å². The molecule has 76 valence electrons. The quantitative estimate of drug-likeness (QED) is 0.810. The van der Waals surface area contributed by atoms with Crippen molar-refractivity contribution in [2.75, 3.05) is 11.9 Å². The Morgan fingerprint density at radius 1 is 1.43 bits per heavy atom. The number of halogens is 2. The van der Waals surface area contributed by atoms with E-state index in [-0.39, 0.29) is 5.38 Å². The van der Waals surface area contributed by atoms with Crippen molar-refractivity contribution in [1.29, 1.82) is 0 Å². The first-order valence-corrected chi connectivity index (χ1v) is 5.42. The van der Waals surface area contributed by atoms with Crippen LogP contribution >= 0.6 is 23.2 Å². The van der Waals surface area contributed by atoms with Crippen LogP contribution in [0.1, 0.15) is 12.8 Å². The van der Waals surface area contributed by atoms with Gasteiger partial charge in [-0.3, -0.25) is 0 Å². The first-order chi connectivity index (χ1) is 6.75. The van der Waals surface area contributed by atoms with Crippen LogP contribution in [-0.2, 0) is 0 Å². The number of rotatable bonds is 4. The lowest BCUT2D eigenvalue weighted by Gasteiger charge is -2.08. The lowest BCUT2D eigenvalue weighted by Crippen LogP contribution is -2.17. The van der Waals surface area contributed by atoms with Crippen LogP contribution in [0.4, 0.5) is 5.95 Å². The SMILES string of the molecule is Clc1cnc(NCC(Cl)C2CC2)nc1. The highest BCUT2D eigenvalue weighted by Gasteiger charge is 2.29. The number of nitrogens with one attached hydrogen (secondary N) is 1. The summed E-state index contributed by atoms with van der Waals surface area (Å²) in [5.74, 6) is 1.26. The average Bonchev–Trinajstić information content (AvgIpc) is 3.00. The van der Waals surface area contributed by atoms with Crippen molar-refractivity contribution in [2.45, 2.75) is 18.2 Å². The van der Waals surface area contributed by atoms with Crippen LogP contribution in [-0.4, -0.2) is 21.9 Å². The van der Waals surface area contributed by atoms with Gasteiger partial charge in [0, 0.05) is 6.54 Å². The van der Waals surface area contributed by atoms with Gasteiger partial charge in [0.1, 0.15) is 0 Å². The zero-order valence-corrected chi connectivity index (χ0v) is 9.09. The Morgan fingerprint density at radius 2 is 2.07 bits per heavy atom. The molecular formula is C9H11Cl2N3. The summed E-state index contributed by atoms with van der Waals surface area (Å²) >= 11 is 11.8. The van der Waals surface area contributed by atoms with E-state index in [0.717, 1.165) is 0 Å². The number of nitrogens with zero attached hydrogens (tertiary/aromatic N) is 2. The van der Waals surface area contributed by atoms with Crippen LogP contribution in [0.2, 0.25) is 5.02 Å². The van der Waals surface area contributed by atoms with E-state index in [1.54, 1.807) is 12.4 Å². The summed E-state index contributed by atoms with van der Waals surface area (Å²) in [6.45, 7) is 0.716. The number of aromatic nitrogens is 2. The highest BCUT2D eigenvalue weighted by atomic mass is 35.5. The molecule has 0 amide bonds. The summed E-state index contributed by atoms with van der Waals surface area (Å²) in [5, 5.41) is 3.81. The van der Waals surface area contributed by atoms with Gasteiger partial charge < -0.3 is 5.32 Å². The van der Waals surface area contributed by atoms with E-state index in [1.165, 1.54) is 12.8 Å². The molecule has 3 nitrogen and oxygen atoms in total. The van der Waals surface area contributed by atoms with Crippen LogP contribution in [0.15, 0.2) is 12.4 Å². The smallest absolute Gasteiger partial charge is 0.222 e. The van der Waals surface area contributed by atoms with E-state index in [0.29, 0.717) is 23.4 Å². The lowest BCUT2D eigenvalue weighted by molar-refractivity contribution is 0.765. The van der Waals surface area contributed by atoms with Gasteiger partial charge in [-0.2, -0.15) is 0 Å². The predicted molar refractivity (Wildman–Crippen MR) is 57.9 cm³/mol. The van der Waals surface area contributed by atoms with Crippen molar-refractivity contribution in [1.82, 2.24) is 9.97 Å². The Hall–Kier alpha value is -0.540. The average molecular weight is 232 g/mol. The maximum absolute atomic E-state index is 6.12. The van der Waals surface area contributed by atoms with Crippen LogP contribution in [0.5, 0.6) is 0 Å². The molecule has 0 spiro atoms. The molecule has 1 unspecified atom stereocenters. The third kappa shape index (κ3) is 2.72. The van der Waals surface area contributed by atoms with Gasteiger partial charge in [-0.05, 0) is 18.8 Å². The van der Waals surface area contributed by atoms with Crippen molar-refractivity contribution >= 4 is 29.2 Å². The largest absolute Gasteiger partial charge is 0.353 e. The highest BCUT2D eigenvalue weighted by Crippen LogP contribution is 2.35. The van der Waals surface area contributed by atoms with E-state index in [9.17, 15) is 0 Å². The zero-order chi connectivity index (χ0) is 9.97.